The van der Waals surface area contributed by atoms with Gasteiger partial charge in [-0.3, -0.25) is 0 Å². The van der Waals surface area contributed by atoms with Crippen molar-refractivity contribution in [2.45, 2.75) is 6.92 Å². The van der Waals surface area contributed by atoms with Crippen LogP contribution in [0.3, 0.4) is 0 Å². The fourth-order valence-corrected chi connectivity index (χ4v) is 1.60. The van der Waals surface area contributed by atoms with Crippen molar-refractivity contribution < 1.29 is 8.78 Å². The third-order valence-corrected chi connectivity index (χ3v) is 2.79. The molecular formula is C13H10ClF2N. The van der Waals surface area contributed by atoms with Crippen molar-refractivity contribution >= 4 is 23.0 Å². The van der Waals surface area contributed by atoms with Crippen molar-refractivity contribution in [3.8, 4) is 0 Å². The molecule has 0 saturated heterocycles. The number of hydrogen-bond acceptors (Lipinski definition) is 1. The molecule has 0 heterocycles. The molecule has 0 spiro atoms. The number of anilines is 2. The Kier molecular flexibility index (Phi) is 3.29. The van der Waals surface area contributed by atoms with E-state index in [1.54, 1.807) is 12.1 Å². The minimum atomic E-state index is -0.511. The largest absolute Gasteiger partial charge is 0.353 e. The molecule has 17 heavy (non-hydrogen) atoms. The highest BCUT2D eigenvalue weighted by atomic mass is 35.5. The first-order chi connectivity index (χ1) is 8.06. The van der Waals surface area contributed by atoms with E-state index in [9.17, 15) is 8.78 Å². The lowest BCUT2D eigenvalue weighted by atomic mass is 10.2. The van der Waals surface area contributed by atoms with Crippen LogP contribution in [0.15, 0.2) is 36.4 Å². The van der Waals surface area contributed by atoms with E-state index in [1.165, 1.54) is 0 Å². The van der Waals surface area contributed by atoms with Crippen molar-refractivity contribution in [3.63, 3.8) is 0 Å². The molecule has 0 bridgehead atoms. The first kappa shape index (κ1) is 11.9. The summed E-state index contributed by atoms with van der Waals surface area (Å²) in [5, 5.41) is 3.36. The summed E-state index contributed by atoms with van der Waals surface area (Å²) in [4.78, 5) is 0. The van der Waals surface area contributed by atoms with E-state index in [0.29, 0.717) is 10.7 Å². The molecule has 4 heteroatoms. The quantitative estimate of drug-likeness (QED) is 0.820. The van der Waals surface area contributed by atoms with Gasteiger partial charge in [-0.05, 0) is 36.8 Å². The second kappa shape index (κ2) is 4.72. The van der Waals surface area contributed by atoms with Crippen molar-refractivity contribution in [1.29, 1.82) is 0 Å². The molecule has 0 radical (unpaired) electrons. The zero-order chi connectivity index (χ0) is 12.4. The molecule has 2 aromatic rings. The highest BCUT2D eigenvalue weighted by molar-refractivity contribution is 6.31. The van der Waals surface area contributed by atoms with Crippen molar-refractivity contribution in [3.05, 3.63) is 58.6 Å². The molecule has 0 saturated carbocycles. The molecule has 0 aliphatic heterocycles. The highest BCUT2D eigenvalue weighted by Gasteiger charge is 2.05. The van der Waals surface area contributed by atoms with E-state index < -0.39 is 11.6 Å². The van der Waals surface area contributed by atoms with Crippen LogP contribution in [-0.2, 0) is 0 Å². The standard InChI is InChI=1S/C13H10ClF2N/c1-8-2-4-10(7-11(8)14)17-13-6-9(15)3-5-12(13)16/h2-7,17H,1H3. The summed E-state index contributed by atoms with van der Waals surface area (Å²) in [6, 6.07) is 8.48. The summed E-state index contributed by atoms with van der Waals surface area (Å²) in [6.45, 7) is 1.87. The van der Waals surface area contributed by atoms with Crippen LogP contribution in [-0.4, -0.2) is 0 Å². The third kappa shape index (κ3) is 2.74. The third-order valence-electron chi connectivity index (χ3n) is 2.38. The minimum absolute atomic E-state index is 0.0879. The van der Waals surface area contributed by atoms with Crippen molar-refractivity contribution in [2.75, 3.05) is 5.32 Å². The van der Waals surface area contributed by atoms with Gasteiger partial charge in [0.15, 0.2) is 0 Å². The molecule has 0 fully saturated rings. The monoisotopic (exact) mass is 253 g/mol. The molecule has 0 aliphatic rings. The Morgan fingerprint density at radius 3 is 2.53 bits per heavy atom. The van der Waals surface area contributed by atoms with E-state index in [0.717, 1.165) is 23.8 Å². The van der Waals surface area contributed by atoms with Crippen molar-refractivity contribution in [2.24, 2.45) is 0 Å². The lowest BCUT2D eigenvalue weighted by Gasteiger charge is -2.09. The Balaban J connectivity index is 2.31. The second-order valence-corrected chi connectivity index (χ2v) is 4.12. The predicted octanol–water partition coefficient (Wildman–Crippen LogP) is 4.67. The lowest BCUT2D eigenvalue weighted by molar-refractivity contribution is 0.603. The van der Waals surface area contributed by atoms with E-state index >= 15 is 0 Å². The Labute approximate surface area is 103 Å². The Morgan fingerprint density at radius 1 is 1.06 bits per heavy atom. The summed E-state index contributed by atoms with van der Waals surface area (Å²) < 4.78 is 26.3. The minimum Gasteiger partial charge on any atom is -0.353 e. The Bertz CT molecular complexity index is 555. The fourth-order valence-electron chi connectivity index (χ4n) is 1.42. The van der Waals surface area contributed by atoms with Gasteiger partial charge in [-0.2, -0.15) is 0 Å². The van der Waals surface area contributed by atoms with Gasteiger partial charge < -0.3 is 5.32 Å². The highest BCUT2D eigenvalue weighted by Crippen LogP contribution is 2.25. The Hall–Kier alpha value is -1.61. The predicted molar refractivity (Wildman–Crippen MR) is 65.8 cm³/mol. The van der Waals surface area contributed by atoms with E-state index in [1.807, 2.05) is 13.0 Å². The molecule has 2 rings (SSSR count). The van der Waals surface area contributed by atoms with Gasteiger partial charge in [0.25, 0.3) is 0 Å². The molecule has 0 aromatic heterocycles. The summed E-state index contributed by atoms with van der Waals surface area (Å²) >= 11 is 5.94. The maximum absolute atomic E-state index is 13.4. The van der Waals surface area contributed by atoms with E-state index in [2.05, 4.69) is 5.32 Å². The maximum atomic E-state index is 13.4. The number of nitrogens with one attached hydrogen (secondary N) is 1. The topological polar surface area (TPSA) is 12.0 Å². The van der Waals surface area contributed by atoms with Crippen LogP contribution in [0.1, 0.15) is 5.56 Å². The number of benzene rings is 2. The van der Waals surface area contributed by atoms with Crippen LogP contribution in [0.25, 0.3) is 0 Å². The van der Waals surface area contributed by atoms with Crippen LogP contribution in [0.4, 0.5) is 20.2 Å². The summed E-state index contributed by atoms with van der Waals surface area (Å²) in [5.41, 5.74) is 1.63. The molecular weight excluding hydrogens is 244 g/mol. The number of halogens is 3. The van der Waals surface area contributed by atoms with Gasteiger partial charge in [0.05, 0.1) is 5.69 Å². The van der Waals surface area contributed by atoms with Gasteiger partial charge in [0.2, 0.25) is 0 Å². The van der Waals surface area contributed by atoms with Crippen LogP contribution >= 0.6 is 11.6 Å². The van der Waals surface area contributed by atoms with Gasteiger partial charge in [-0.25, -0.2) is 8.78 Å². The maximum Gasteiger partial charge on any atom is 0.146 e. The van der Waals surface area contributed by atoms with Gasteiger partial charge >= 0.3 is 0 Å². The van der Waals surface area contributed by atoms with Gasteiger partial charge in [-0.1, -0.05) is 17.7 Å². The zero-order valence-electron chi connectivity index (χ0n) is 9.10. The fraction of sp³-hybridized carbons (Fsp3) is 0.0769. The SMILES string of the molecule is Cc1ccc(Nc2cc(F)ccc2F)cc1Cl. The number of aryl methyl sites for hydroxylation is 1. The second-order valence-electron chi connectivity index (χ2n) is 3.71. The number of rotatable bonds is 2. The van der Waals surface area contributed by atoms with Gasteiger partial charge in [-0.15, -0.1) is 0 Å². The molecule has 88 valence electrons. The average molecular weight is 254 g/mol. The first-order valence-electron chi connectivity index (χ1n) is 5.04. The Morgan fingerprint density at radius 2 is 1.82 bits per heavy atom. The smallest absolute Gasteiger partial charge is 0.146 e. The normalized spacial score (nSPS) is 10.4. The molecule has 0 unspecified atom stereocenters. The molecule has 2 aromatic carbocycles. The molecule has 0 atom stereocenters. The molecule has 0 aliphatic carbocycles. The zero-order valence-corrected chi connectivity index (χ0v) is 9.85. The van der Waals surface area contributed by atoms with Gasteiger partial charge in [0, 0.05) is 16.8 Å². The summed E-state index contributed by atoms with van der Waals surface area (Å²) in [5.74, 6) is -1.00. The lowest BCUT2D eigenvalue weighted by Crippen LogP contribution is -1.95. The average Bonchev–Trinajstić information content (AvgIpc) is 2.29. The van der Waals surface area contributed by atoms with E-state index in [-0.39, 0.29) is 5.69 Å². The van der Waals surface area contributed by atoms with Crippen LogP contribution in [0.5, 0.6) is 0 Å². The van der Waals surface area contributed by atoms with Crippen LogP contribution in [0, 0.1) is 18.6 Å². The van der Waals surface area contributed by atoms with Crippen LogP contribution < -0.4 is 5.32 Å². The van der Waals surface area contributed by atoms with Crippen LogP contribution in [0.2, 0.25) is 5.02 Å². The molecule has 0 amide bonds. The number of hydrogen-bond donors (Lipinski definition) is 1. The molecule has 1 nitrogen and oxygen atoms in total. The van der Waals surface area contributed by atoms with E-state index in [4.69, 9.17) is 11.6 Å². The summed E-state index contributed by atoms with van der Waals surface area (Å²) in [6.07, 6.45) is 0. The van der Waals surface area contributed by atoms with Crippen molar-refractivity contribution in [1.82, 2.24) is 0 Å². The van der Waals surface area contributed by atoms with Gasteiger partial charge in [0.1, 0.15) is 11.6 Å². The summed E-state index contributed by atoms with van der Waals surface area (Å²) in [7, 11) is 0. The molecule has 1 N–H and O–H groups in total. The first-order valence-corrected chi connectivity index (χ1v) is 5.42.